The summed E-state index contributed by atoms with van der Waals surface area (Å²) in [5.41, 5.74) is 9.65. The van der Waals surface area contributed by atoms with Crippen LogP contribution in [0.15, 0.2) is 67.2 Å². The Kier molecular flexibility index (Phi) is 19.0. The molecule has 1 aliphatic rings. The van der Waals surface area contributed by atoms with E-state index >= 15 is 0 Å². The first kappa shape index (κ1) is 42.5. The van der Waals surface area contributed by atoms with Crippen molar-refractivity contribution in [2.75, 3.05) is 92.1 Å². The number of aromatic nitrogens is 2. The highest BCUT2D eigenvalue weighted by molar-refractivity contribution is 5.85. The van der Waals surface area contributed by atoms with Gasteiger partial charge in [-0.3, -0.25) is 9.80 Å². The second kappa shape index (κ2) is 24.2. The van der Waals surface area contributed by atoms with E-state index in [1.54, 1.807) is 12.1 Å². The van der Waals surface area contributed by atoms with Gasteiger partial charge in [0.15, 0.2) is 0 Å². The number of nitrogens with zero attached hydrogens (tertiary/aromatic N) is 4. The van der Waals surface area contributed by atoms with Crippen LogP contribution in [0, 0.1) is 0 Å². The molecule has 4 rings (SSSR count). The minimum Gasteiger partial charge on any atom is -0.477 e. The average Bonchev–Trinajstić information content (AvgIpc) is 3.17. The third-order valence-electron chi connectivity index (χ3n) is 8.98. The Morgan fingerprint density at radius 1 is 0.722 bits per heavy atom. The number of carboxylic acids is 2. The van der Waals surface area contributed by atoms with Crippen LogP contribution in [0.5, 0.6) is 0 Å². The molecule has 0 saturated carbocycles. The van der Waals surface area contributed by atoms with E-state index in [1.165, 1.54) is 12.1 Å². The van der Waals surface area contributed by atoms with Crippen LogP contribution >= 0.6 is 0 Å². The van der Waals surface area contributed by atoms with Gasteiger partial charge in [0.25, 0.3) is 0 Å². The Morgan fingerprint density at radius 2 is 1.28 bits per heavy atom. The van der Waals surface area contributed by atoms with Crippen LogP contribution in [-0.4, -0.2) is 134 Å². The maximum Gasteiger partial charge on any atom is 0.354 e. The van der Waals surface area contributed by atoms with Gasteiger partial charge in [-0.05, 0) is 54.8 Å². The number of unbranched alkanes of at least 4 members (excludes halogenated alkanes) is 3. The lowest BCUT2D eigenvalue weighted by Crippen LogP contribution is -2.36. The van der Waals surface area contributed by atoms with E-state index in [2.05, 4.69) is 31.7 Å². The quantitative estimate of drug-likeness (QED) is 0.164. The molecular weight excluding hydrogens is 692 g/mol. The van der Waals surface area contributed by atoms with Crippen molar-refractivity contribution in [2.24, 2.45) is 5.73 Å². The average molecular weight is 749 g/mol. The van der Waals surface area contributed by atoms with Crippen molar-refractivity contribution in [2.45, 2.75) is 38.3 Å². The lowest BCUT2D eigenvalue weighted by atomic mass is 9.98. The molecule has 3 aromatic rings. The predicted octanol–water partition coefficient (Wildman–Crippen LogP) is 3.93. The fraction of sp³-hybridized carbons (Fsp3) is 0.500. The van der Waals surface area contributed by atoms with Crippen LogP contribution in [0.4, 0.5) is 0 Å². The van der Waals surface area contributed by atoms with Gasteiger partial charge >= 0.3 is 11.9 Å². The van der Waals surface area contributed by atoms with E-state index in [-0.39, 0.29) is 17.4 Å². The van der Waals surface area contributed by atoms with E-state index < -0.39 is 11.9 Å². The lowest BCUT2D eigenvalue weighted by Gasteiger charge is -2.32. The zero-order chi connectivity index (χ0) is 38.4. The molecule has 1 atom stereocenters. The third kappa shape index (κ3) is 14.9. The summed E-state index contributed by atoms with van der Waals surface area (Å²) in [6.07, 6.45) is 4.33. The van der Waals surface area contributed by atoms with Crippen LogP contribution in [0.3, 0.4) is 0 Å². The molecule has 1 aliphatic heterocycles. The van der Waals surface area contributed by atoms with Crippen LogP contribution in [0.2, 0.25) is 0 Å². The van der Waals surface area contributed by atoms with Gasteiger partial charge in [-0.15, -0.1) is 0 Å². The number of nitrogens with two attached hydrogens (primary N) is 1. The molecule has 0 bridgehead atoms. The second-order valence-corrected chi connectivity index (χ2v) is 13.0. The minimum absolute atomic E-state index is 0.0127. The molecule has 0 amide bonds. The molecule has 5 N–H and O–H groups in total. The molecule has 54 heavy (non-hydrogen) atoms. The Morgan fingerprint density at radius 3 is 1.87 bits per heavy atom. The Balaban J connectivity index is 1.41. The molecule has 1 unspecified atom stereocenters. The first-order valence-electron chi connectivity index (χ1n) is 18.8. The normalized spacial score (nSPS) is 16.8. The fourth-order valence-electron chi connectivity index (χ4n) is 6.07. The van der Waals surface area contributed by atoms with Crippen LogP contribution < -0.4 is 11.1 Å². The molecule has 14 nitrogen and oxygen atoms in total. The van der Waals surface area contributed by atoms with Gasteiger partial charge in [0.05, 0.1) is 70.3 Å². The summed E-state index contributed by atoms with van der Waals surface area (Å²) in [4.78, 5) is 36.5. The van der Waals surface area contributed by atoms with Gasteiger partial charge in [-0.25, -0.2) is 19.6 Å². The van der Waals surface area contributed by atoms with Crippen molar-refractivity contribution >= 4 is 17.6 Å². The highest BCUT2D eigenvalue weighted by Crippen LogP contribution is 2.29. The second-order valence-electron chi connectivity index (χ2n) is 13.0. The van der Waals surface area contributed by atoms with Crippen LogP contribution in [-0.2, 0) is 25.5 Å². The Bertz CT molecular complexity index is 1560. The van der Waals surface area contributed by atoms with Crippen molar-refractivity contribution in [1.82, 2.24) is 25.1 Å². The number of carbonyl (C=O) groups is 2. The molecule has 1 aromatic carbocycles. The molecule has 14 heteroatoms. The van der Waals surface area contributed by atoms with Crippen molar-refractivity contribution in [1.29, 1.82) is 0 Å². The zero-order valence-electron chi connectivity index (χ0n) is 31.2. The Labute approximate surface area is 318 Å². The van der Waals surface area contributed by atoms with E-state index in [0.717, 1.165) is 55.6 Å². The molecule has 0 spiro atoms. The number of rotatable bonds is 15. The number of hydrogen-bond acceptors (Lipinski definition) is 12. The van der Waals surface area contributed by atoms with E-state index in [4.69, 9.17) is 24.7 Å². The van der Waals surface area contributed by atoms with Crippen molar-refractivity contribution < 1.29 is 38.7 Å². The zero-order valence-corrected chi connectivity index (χ0v) is 31.2. The van der Waals surface area contributed by atoms with Gasteiger partial charge in [0, 0.05) is 45.0 Å². The summed E-state index contributed by atoms with van der Waals surface area (Å²) in [6, 6.07) is 17.8. The van der Waals surface area contributed by atoms with Gasteiger partial charge in [-0.1, -0.05) is 55.8 Å². The first-order valence-corrected chi connectivity index (χ1v) is 18.8. The van der Waals surface area contributed by atoms with Crippen molar-refractivity contribution in [3.8, 4) is 0 Å². The summed E-state index contributed by atoms with van der Waals surface area (Å²) in [7, 11) is 0. The topological polar surface area (TPSA) is 182 Å². The molecule has 2 aromatic heterocycles. The molecule has 0 radical (unpaired) electrons. The summed E-state index contributed by atoms with van der Waals surface area (Å²) in [6.45, 7) is 11.8. The first-order chi connectivity index (χ1) is 26.4. The summed E-state index contributed by atoms with van der Waals surface area (Å²) >= 11 is 0. The number of ether oxygens (including phenoxy) is 4. The monoisotopic (exact) mass is 748 g/mol. The van der Waals surface area contributed by atoms with E-state index in [9.17, 15) is 19.8 Å². The summed E-state index contributed by atoms with van der Waals surface area (Å²) in [5.74, 6) is -2.15. The van der Waals surface area contributed by atoms with Gasteiger partial charge in [0.2, 0.25) is 0 Å². The largest absolute Gasteiger partial charge is 0.477 e. The fourth-order valence-corrected chi connectivity index (χ4v) is 6.07. The Hall–Kier alpha value is -4.28. The SMILES string of the molecule is C=C(NCCCCCCN)c1ccc(C(c2cccc(C(=O)O)n2)N2CCOCCOCCN(Cc3cccc(C(=O)O)n3)CCOCCOCC2)cc1. The molecular formula is C40H56N6O8. The molecule has 1 saturated heterocycles. The number of pyridine rings is 2. The van der Waals surface area contributed by atoms with Gasteiger partial charge in [-0.2, -0.15) is 0 Å². The summed E-state index contributed by atoms with van der Waals surface area (Å²) < 4.78 is 23.8. The number of carboxylic acid groups (broad SMARTS) is 2. The molecule has 1 fully saturated rings. The van der Waals surface area contributed by atoms with Gasteiger partial charge in [0.1, 0.15) is 11.4 Å². The lowest BCUT2D eigenvalue weighted by molar-refractivity contribution is 0.00331. The van der Waals surface area contributed by atoms with Crippen molar-refractivity contribution in [3.63, 3.8) is 0 Å². The maximum atomic E-state index is 11.9. The minimum atomic E-state index is -1.09. The van der Waals surface area contributed by atoms with Crippen molar-refractivity contribution in [3.05, 3.63) is 101 Å². The molecule has 0 aliphatic carbocycles. The summed E-state index contributed by atoms with van der Waals surface area (Å²) in [5, 5.41) is 22.5. The number of benzene rings is 1. The van der Waals surface area contributed by atoms with Gasteiger partial charge < -0.3 is 40.2 Å². The highest BCUT2D eigenvalue weighted by atomic mass is 16.5. The predicted molar refractivity (Wildman–Crippen MR) is 205 cm³/mol. The maximum absolute atomic E-state index is 11.9. The number of aromatic carboxylic acids is 2. The van der Waals surface area contributed by atoms with E-state index in [0.29, 0.717) is 97.0 Å². The number of hydrogen-bond donors (Lipinski definition) is 4. The molecule has 294 valence electrons. The van der Waals surface area contributed by atoms with Crippen LogP contribution in [0.25, 0.3) is 5.70 Å². The highest BCUT2D eigenvalue weighted by Gasteiger charge is 2.25. The standard InChI is InChI=1S/C40H56N6O8/c1-31(42-17-5-3-2-4-16-41)32-12-14-33(15-13-32)38(35-9-7-11-37(44-35)40(49)50)46-20-24-53-28-26-51-22-18-45(19-23-52-27-29-54-25-21-46)30-34-8-6-10-36(43-34)39(47)48/h6-15,38,42H,1-5,16-30,41H2,(H,47,48)(H,49,50). The van der Waals surface area contributed by atoms with E-state index in [1.807, 2.05) is 36.4 Å². The molecule has 3 heterocycles. The smallest absolute Gasteiger partial charge is 0.354 e. The van der Waals surface area contributed by atoms with Crippen LogP contribution in [0.1, 0.15) is 75.2 Å². The number of nitrogens with one attached hydrogen (secondary N) is 1. The third-order valence-corrected chi connectivity index (χ3v) is 8.98.